The van der Waals surface area contributed by atoms with Crippen LogP contribution in [0.3, 0.4) is 0 Å². The third-order valence-electron chi connectivity index (χ3n) is 4.48. The van der Waals surface area contributed by atoms with Crippen LogP contribution in [0.25, 0.3) is 0 Å². The van der Waals surface area contributed by atoms with Crippen LogP contribution >= 0.6 is 11.6 Å². The Kier molecular flexibility index (Phi) is 4.73. The second-order valence-corrected chi connectivity index (χ2v) is 6.57. The highest BCUT2D eigenvalue weighted by atomic mass is 35.5. The molecule has 0 aromatic carbocycles. The Morgan fingerprint density at radius 1 is 1.55 bits per heavy atom. The number of hydrogen-bond acceptors (Lipinski definition) is 4. The maximum atomic E-state index is 12.3. The van der Waals surface area contributed by atoms with Crippen molar-refractivity contribution in [2.45, 2.75) is 31.0 Å². The Balaban J connectivity index is 1.57. The number of morpholine rings is 1. The van der Waals surface area contributed by atoms with Gasteiger partial charge in [-0.05, 0) is 18.9 Å². The summed E-state index contributed by atoms with van der Waals surface area (Å²) >= 11 is 5.93. The van der Waals surface area contributed by atoms with Gasteiger partial charge in [-0.25, -0.2) is 0 Å². The van der Waals surface area contributed by atoms with E-state index in [9.17, 15) is 4.79 Å². The zero-order chi connectivity index (χ0) is 15.7. The van der Waals surface area contributed by atoms with Gasteiger partial charge >= 0.3 is 0 Å². The summed E-state index contributed by atoms with van der Waals surface area (Å²) < 4.78 is 7.49. The average Bonchev–Trinajstić information content (AvgIpc) is 3.01. The zero-order valence-corrected chi connectivity index (χ0v) is 13.4. The predicted octanol–water partition coefficient (Wildman–Crippen LogP) is 0.632. The largest absolute Gasteiger partial charge is 0.396 e. The summed E-state index contributed by atoms with van der Waals surface area (Å²) in [7, 11) is 1.81. The Bertz CT molecular complexity index is 548. The van der Waals surface area contributed by atoms with Gasteiger partial charge in [0.15, 0.2) is 0 Å². The Morgan fingerprint density at radius 2 is 2.36 bits per heavy atom. The van der Waals surface area contributed by atoms with Crippen LogP contribution in [0.5, 0.6) is 0 Å². The molecule has 3 rings (SSSR count). The van der Waals surface area contributed by atoms with E-state index < -0.39 is 0 Å². The van der Waals surface area contributed by atoms with Crippen molar-refractivity contribution in [1.29, 1.82) is 0 Å². The molecule has 2 aliphatic rings. The number of aromatic nitrogens is 1. The maximum Gasteiger partial charge on any atom is 0.268 e. The lowest BCUT2D eigenvalue weighted by Gasteiger charge is -2.34. The minimum atomic E-state index is -0.0907. The molecule has 0 bridgehead atoms. The molecular formula is C15H22ClN3O3. The normalized spacial score (nSPS) is 28.6. The molecule has 0 spiro atoms. The van der Waals surface area contributed by atoms with Crippen LogP contribution in [0.4, 0.5) is 0 Å². The number of nitrogens with one attached hydrogen (secondary N) is 1. The Morgan fingerprint density at radius 3 is 3.05 bits per heavy atom. The first kappa shape index (κ1) is 15.8. The van der Waals surface area contributed by atoms with Crippen LogP contribution in [0.1, 0.15) is 23.3 Å². The van der Waals surface area contributed by atoms with E-state index in [1.807, 2.05) is 7.05 Å². The predicted molar refractivity (Wildman–Crippen MR) is 83.1 cm³/mol. The van der Waals surface area contributed by atoms with Gasteiger partial charge in [0, 0.05) is 45.0 Å². The smallest absolute Gasteiger partial charge is 0.268 e. The van der Waals surface area contributed by atoms with Crippen molar-refractivity contribution in [3.05, 3.63) is 23.0 Å². The van der Waals surface area contributed by atoms with Gasteiger partial charge in [0.2, 0.25) is 0 Å². The van der Waals surface area contributed by atoms with E-state index in [1.54, 1.807) is 16.8 Å². The number of fused-ring (bicyclic) bond motifs is 1. The van der Waals surface area contributed by atoms with Crippen molar-refractivity contribution in [3.63, 3.8) is 0 Å². The molecule has 0 unspecified atom stereocenters. The van der Waals surface area contributed by atoms with Crippen molar-refractivity contribution in [2.24, 2.45) is 7.05 Å². The van der Waals surface area contributed by atoms with Gasteiger partial charge in [-0.2, -0.15) is 0 Å². The summed E-state index contributed by atoms with van der Waals surface area (Å²) in [5.41, 5.74) is 0.573. The number of carbonyl (C=O) groups excluding carboxylic acids is 1. The number of aliphatic hydroxyl groups is 1. The van der Waals surface area contributed by atoms with E-state index in [2.05, 4.69) is 10.2 Å². The number of amides is 1. The van der Waals surface area contributed by atoms with Gasteiger partial charge in [-0.1, -0.05) is 11.6 Å². The van der Waals surface area contributed by atoms with Crippen molar-refractivity contribution >= 4 is 17.5 Å². The number of aryl methyl sites for hydroxylation is 1. The lowest BCUT2D eigenvalue weighted by molar-refractivity contribution is -0.0566. The number of aliphatic hydroxyl groups excluding tert-OH is 1. The second kappa shape index (κ2) is 6.58. The molecule has 1 amide bonds. The van der Waals surface area contributed by atoms with Gasteiger partial charge in [0.05, 0.1) is 17.7 Å². The van der Waals surface area contributed by atoms with E-state index >= 15 is 0 Å². The third kappa shape index (κ3) is 3.30. The molecule has 0 aliphatic carbocycles. The van der Waals surface area contributed by atoms with Crippen LogP contribution in [-0.4, -0.2) is 65.0 Å². The molecule has 0 saturated carbocycles. The van der Waals surface area contributed by atoms with Gasteiger partial charge in [-0.15, -0.1) is 0 Å². The number of carbonyl (C=O) groups is 1. The Labute approximate surface area is 135 Å². The lowest BCUT2D eigenvalue weighted by atomic mass is 10.1. The monoisotopic (exact) mass is 327 g/mol. The van der Waals surface area contributed by atoms with Crippen LogP contribution in [-0.2, 0) is 11.8 Å². The van der Waals surface area contributed by atoms with Crippen molar-refractivity contribution in [3.8, 4) is 0 Å². The maximum absolute atomic E-state index is 12.3. The average molecular weight is 328 g/mol. The fourth-order valence-electron chi connectivity index (χ4n) is 3.38. The summed E-state index contributed by atoms with van der Waals surface area (Å²) in [5.74, 6) is -0.0907. The number of halogens is 1. The fraction of sp³-hybridized carbons (Fsp3) is 0.667. The van der Waals surface area contributed by atoms with Gasteiger partial charge in [-0.3, -0.25) is 9.69 Å². The molecule has 3 heterocycles. The molecule has 2 saturated heterocycles. The molecule has 22 heavy (non-hydrogen) atoms. The van der Waals surface area contributed by atoms with E-state index in [0.29, 0.717) is 29.8 Å². The third-order valence-corrected chi connectivity index (χ3v) is 4.69. The topological polar surface area (TPSA) is 66.7 Å². The molecule has 122 valence electrons. The lowest BCUT2D eigenvalue weighted by Crippen LogP contribution is -2.46. The molecule has 6 nitrogen and oxygen atoms in total. The first-order valence-corrected chi connectivity index (χ1v) is 8.04. The van der Waals surface area contributed by atoms with Gasteiger partial charge in [0.25, 0.3) is 5.91 Å². The van der Waals surface area contributed by atoms with E-state index in [4.69, 9.17) is 21.4 Å². The quantitative estimate of drug-likeness (QED) is 0.851. The minimum absolute atomic E-state index is 0.0907. The molecule has 2 aliphatic heterocycles. The highest BCUT2D eigenvalue weighted by Gasteiger charge is 2.37. The molecule has 3 atom stereocenters. The highest BCUT2D eigenvalue weighted by molar-refractivity contribution is 6.31. The Hall–Kier alpha value is -1.08. The molecule has 1 aromatic rings. The molecule has 7 heteroatoms. The molecule has 2 N–H and O–H groups in total. The van der Waals surface area contributed by atoms with Crippen molar-refractivity contribution < 1.29 is 14.6 Å². The van der Waals surface area contributed by atoms with E-state index in [1.165, 1.54) is 0 Å². The highest BCUT2D eigenvalue weighted by Crippen LogP contribution is 2.24. The van der Waals surface area contributed by atoms with Crippen LogP contribution in [0, 0.1) is 0 Å². The van der Waals surface area contributed by atoms with Crippen molar-refractivity contribution in [2.75, 3.05) is 26.3 Å². The molecule has 2 fully saturated rings. The minimum Gasteiger partial charge on any atom is -0.396 e. The van der Waals surface area contributed by atoms with Crippen LogP contribution < -0.4 is 5.32 Å². The number of ether oxygens (including phenoxy) is 1. The molecule has 1 aromatic heterocycles. The van der Waals surface area contributed by atoms with E-state index in [-0.39, 0.29) is 24.7 Å². The molecular weight excluding hydrogens is 306 g/mol. The summed E-state index contributed by atoms with van der Waals surface area (Å²) in [6, 6.07) is 2.17. The molecule has 0 radical (unpaired) electrons. The first-order chi connectivity index (χ1) is 10.6. The number of nitrogens with zero attached hydrogens (tertiary/aromatic N) is 2. The summed E-state index contributed by atoms with van der Waals surface area (Å²) in [6.07, 6.45) is 3.39. The van der Waals surface area contributed by atoms with Crippen LogP contribution in [0.15, 0.2) is 12.3 Å². The summed E-state index contributed by atoms with van der Waals surface area (Å²) in [5, 5.41) is 12.7. The van der Waals surface area contributed by atoms with Gasteiger partial charge in [0.1, 0.15) is 5.69 Å². The van der Waals surface area contributed by atoms with Crippen molar-refractivity contribution in [1.82, 2.24) is 14.8 Å². The summed E-state index contributed by atoms with van der Waals surface area (Å²) in [4.78, 5) is 14.7. The standard InChI is InChI=1S/C15H22ClN3O3/c1-18-6-10(16)4-14(18)15(21)17-11-5-12-9-22-13(2-3-20)8-19(12)7-11/h4,6,11-13,20H,2-3,5,7-9H2,1H3,(H,17,21)/t11-,12+,13+/m1/s1. The number of hydrogen-bond donors (Lipinski definition) is 2. The van der Waals surface area contributed by atoms with Crippen LogP contribution in [0.2, 0.25) is 5.02 Å². The summed E-state index contributed by atoms with van der Waals surface area (Å²) in [6.45, 7) is 2.48. The zero-order valence-electron chi connectivity index (χ0n) is 12.7. The van der Waals surface area contributed by atoms with E-state index in [0.717, 1.165) is 19.5 Å². The number of rotatable bonds is 4. The second-order valence-electron chi connectivity index (χ2n) is 6.14. The van der Waals surface area contributed by atoms with Gasteiger partial charge < -0.3 is 19.7 Å². The first-order valence-electron chi connectivity index (χ1n) is 7.66. The SMILES string of the molecule is Cn1cc(Cl)cc1C(=O)N[C@@H]1C[C@H]2CO[C@@H](CCO)CN2C1. The fourth-order valence-corrected chi connectivity index (χ4v) is 3.62.